The molecule has 0 heterocycles. The van der Waals surface area contributed by atoms with Gasteiger partial charge >= 0.3 is 12.9 Å². The highest BCUT2D eigenvalue weighted by Crippen LogP contribution is 2.48. The van der Waals surface area contributed by atoms with E-state index in [-0.39, 0.29) is 6.61 Å². The summed E-state index contributed by atoms with van der Waals surface area (Å²) in [6.07, 6.45) is 0. The number of hydroxylamine groups is 1. The van der Waals surface area contributed by atoms with E-state index in [1.54, 1.807) is 24.3 Å². The van der Waals surface area contributed by atoms with Gasteiger partial charge in [0.25, 0.3) is 0 Å². The Morgan fingerprint density at radius 3 is 2.25 bits per heavy atom. The summed E-state index contributed by atoms with van der Waals surface area (Å²) >= 11 is 5.10. The molecule has 0 saturated carbocycles. The second-order valence-corrected chi connectivity index (χ2v) is 7.33. The van der Waals surface area contributed by atoms with Crippen molar-refractivity contribution in [3.8, 4) is 0 Å². The lowest BCUT2D eigenvalue weighted by Crippen LogP contribution is -2.39. The number of para-hydroxylation sites is 1. The third-order valence-electron chi connectivity index (χ3n) is 3.12. The molecule has 0 fully saturated rings. The lowest BCUT2D eigenvalue weighted by Gasteiger charge is -2.28. The van der Waals surface area contributed by atoms with Gasteiger partial charge in [-0.25, -0.2) is 14.4 Å². The summed E-state index contributed by atoms with van der Waals surface area (Å²) in [6, 6.07) is 17.3. The van der Waals surface area contributed by atoms with Crippen LogP contribution in [0.1, 0.15) is 12.5 Å². The van der Waals surface area contributed by atoms with Crippen molar-refractivity contribution in [1.29, 1.82) is 0 Å². The topological polar surface area (TPSA) is 76.1 Å². The number of anilines is 1. The fraction of sp³-hybridized carbons (Fsp3) is 0.188. The quantitative estimate of drug-likeness (QED) is 0.589. The van der Waals surface area contributed by atoms with Crippen molar-refractivity contribution in [3.63, 3.8) is 0 Å². The van der Waals surface area contributed by atoms with Gasteiger partial charge in [-0.3, -0.25) is 4.84 Å². The Morgan fingerprint density at radius 1 is 1.17 bits per heavy atom. The molecule has 0 aliphatic heterocycles. The van der Waals surface area contributed by atoms with Gasteiger partial charge in [0.1, 0.15) is 0 Å². The standard InChI is InChI=1S/C16H17ClNO5P/c1-13(16(19)23-24(17,20)21)18(15-10-6-3-7-11-15)22-12-14-8-4-2-5-9-14/h2-11,13H,12H2,1H3,(H,20,21)/t13-/m0/s1. The smallest absolute Gasteiger partial charge is 0.379 e. The van der Waals surface area contributed by atoms with Crippen molar-refractivity contribution in [1.82, 2.24) is 0 Å². The van der Waals surface area contributed by atoms with E-state index in [1.165, 1.54) is 12.0 Å². The SMILES string of the molecule is C[C@@H](C(=O)OP(=O)(O)Cl)N(OCc1ccccc1)c1ccccc1. The molecule has 0 aliphatic rings. The highest BCUT2D eigenvalue weighted by molar-refractivity contribution is 7.80. The van der Waals surface area contributed by atoms with E-state index in [9.17, 15) is 9.36 Å². The average molecular weight is 370 g/mol. The first-order valence-corrected chi connectivity index (χ1v) is 9.62. The lowest BCUT2D eigenvalue weighted by atomic mass is 10.2. The van der Waals surface area contributed by atoms with Crippen molar-refractivity contribution < 1.29 is 23.6 Å². The molecule has 2 aromatic carbocycles. The van der Waals surface area contributed by atoms with Gasteiger partial charge in [0.2, 0.25) is 0 Å². The Hall–Kier alpha value is -1.85. The second-order valence-electron chi connectivity index (χ2n) is 4.96. The molecule has 1 unspecified atom stereocenters. The van der Waals surface area contributed by atoms with Crippen LogP contribution in [-0.4, -0.2) is 16.9 Å². The number of halogens is 1. The van der Waals surface area contributed by atoms with Crippen LogP contribution in [0.2, 0.25) is 0 Å². The minimum Gasteiger partial charge on any atom is -0.379 e. The molecule has 24 heavy (non-hydrogen) atoms. The van der Waals surface area contributed by atoms with Gasteiger partial charge < -0.3 is 9.42 Å². The highest BCUT2D eigenvalue weighted by atomic mass is 35.7. The monoisotopic (exact) mass is 369 g/mol. The van der Waals surface area contributed by atoms with E-state index in [4.69, 9.17) is 21.0 Å². The normalized spacial score (nSPS) is 14.5. The molecule has 0 aliphatic carbocycles. The Balaban J connectivity index is 2.16. The van der Waals surface area contributed by atoms with Crippen molar-refractivity contribution in [2.24, 2.45) is 0 Å². The predicted molar refractivity (Wildman–Crippen MR) is 91.4 cm³/mol. The average Bonchev–Trinajstić information content (AvgIpc) is 2.55. The predicted octanol–water partition coefficient (Wildman–Crippen LogP) is 3.90. The first-order chi connectivity index (χ1) is 11.4. The van der Waals surface area contributed by atoms with Gasteiger partial charge in [-0.2, -0.15) is 0 Å². The number of rotatable bonds is 7. The molecule has 6 nitrogen and oxygen atoms in total. The zero-order valence-electron chi connectivity index (χ0n) is 12.9. The maximum Gasteiger partial charge on any atom is 0.476 e. The van der Waals surface area contributed by atoms with Crippen molar-refractivity contribution in [2.75, 3.05) is 5.06 Å². The summed E-state index contributed by atoms with van der Waals surface area (Å²) in [5.41, 5.74) is 1.50. The minimum absolute atomic E-state index is 0.213. The second kappa shape index (κ2) is 8.31. The number of hydrogen-bond donors (Lipinski definition) is 1. The Labute approximate surface area is 144 Å². The number of nitrogens with zero attached hydrogens (tertiary/aromatic N) is 1. The molecule has 2 atom stereocenters. The van der Waals surface area contributed by atoms with Gasteiger partial charge in [-0.15, -0.1) is 0 Å². The van der Waals surface area contributed by atoms with Crippen LogP contribution >= 0.6 is 18.2 Å². The summed E-state index contributed by atoms with van der Waals surface area (Å²) < 4.78 is 15.5. The summed E-state index contributed by atoms with van der Waals surface area (Å²) in [5.74, 6) is -0.965. The zero-order chi connectivity index (χ0) is 17.6. The molecule has 0 aromatic heterocycles. The number of carbonyl (C=O) groups excluding carboxylic acids is 1. The molecule has 0 saturated heterocycles. The Bertz CT molecular complexity index is 707. The summed E-state index contributed by atoms with van der Waals surface area (Å²) in [7, 11) is 0. The Kier molecular flexibility index (Phi) is 6.40. The van der Waals surface area contributed by atoms with E-state index in [1.807, 2.05) is 36.4 Å². The largest absolute Gasteiger partial charge is 0.476 e. The van der Waals surface area contributed by atoms with Crippen LogP contribution in [0, 0.1) is 0 Å². The first-order valence-electron chi connectivity index (χ1n) is 7.14. The van der Waals surface area contributed by atoms with Crippen LogP contribution < -0.4 is 5.06 Å². The van der Waals surface area contributed by atoms with Crippen LogP contribution in [0.5, 0.6) is 0 Å². The maximum atomic E-state index is 12.0. The van der Waals surface area contributed by atoms with Crippen LogP contribution in [0.15, 0.2) is 60.7 Å². The van der Waals surface area contributed by atoms with Gasteiger partial charge in [0.05, 0.1) is 12.3 Å². The molecular weight excluding hydrogens is 353 g/mol. The van der Waals surface area contributed by atoms with Crippen LogP contribution in [-0.2, 0) is 25.3 Å². The first kappa shape index (κ1) is 18.5. The zero-order valence-corrected chi connectivity index (χ0v) is 14.6. The third-order valence-corrected chi connectivity index (χ3v) is 3.73. The van der Waals surface area contributed by atoms with Gasteiger partial charge in [0, 0.05) is 11.2 Å². The summed E-state index contributed by atoms with van der Waals surface area (Å²) in [5, 5.41) is 1.32. The minimum atomic E-state index is -4.44. The summed E-state index contributed by atoms with van der Waals surface area (Å²) in [6.45, 7) is -2.74. The van der Waals surface area contributed by atoms with Gasteiger partial charge in [-0.1, -0.05) is 48.5 Å². The highest BCUT2D eigenvalue weighted by Gasteiger charge is 2.30. The van der Waals surface area contributed by atoms with Gasteiger partial charge in [-0.05, 0) is 24.6 Å². The van der Waals surface area contributed by atoms with Crippen LogP contribution in [0.25, 0.3) is 0 Å². The number of hydrogen-bond acceptors (Lipinski definition) is 5. The molecule has 2 rings (SSSR count). The molecule has 2 aromatic rings. The van der Waals surface area contributed by atoms with Gasteiger partial charge in [0.15, 0.2) is 6.04 Å². The fourth-order valence-corrected chi connectivity index (χ4v) is 2.56. The Morgan fingerprint density at radius 2 is 1.71 bits per heavy atom. The number of carbonyl (C=O) groups is 1. The van der Waals surface area contributed by atoms with E-state index >= 15 is 0 Å². The van der Waals surface area contributed by atoms with Crippen LogP contribution in [0.3, 0.4) is 0 Å². The maximum absolute atomic E-state index is 12.0. The van der Waals surface area contributed by atoms with E-state index in [0.717, 1.165) is 5.56 Å². The molecule has 0 radical (unpaired) electrons. The molecule has 1 N–H and O–H groups in total. The molecule has 8 heteroatoms. The fourth-order valence-electron chi connectivity index (χ4n) is 1.99. The molecule has 128 valence electrons. The molecule has 0 amide bonds. The number of benzene rings is 2. The van der Waals surface area contributed by atoms with E-state index in [2.05, 4.69) is 4.52 Å². The van der Waals surface area contributed by atoms with Crippen molar-refractivity contribution in [3.05, 3.63) is 66.2 Å². The molecular formula is C16H17ClNO5P. The van der Waals surface area contributed by atoms with Crippen molar-refractivity contribution >= 4 is 29.8 Å². The van der Waals surface area contributed by atoms with Crippen LogP contribution in [0.4, 0.5) is 5.69 Å². The molecule has 0 bridgehead atoms. The third kappa shape index (κ3) is 5.65. The van der Waals surface area contributed by atoms with E-state index < -0.39 is 19.0 Å². The van der Waals surface area contributed by atoms with Crippen molar-refractivity contribution in [2.45, 2.75) is 19.6 Å². The van der Waals surface area contributed by atoms with E-state index in [0.29, 0.717) is 5.69 Å². The lowest BCUT2D eigenvalue weighted by molar-refractivity contribution is -0.138. The molecule has 0 spiro atoms. The summed E-state index contributed by atoms with van der Waals surface area (Å²) in [4.78, 5) is 26.8.